The third-order valence-electron chi connectivity index (χ3n) is 11.5. The van der Waals surface area contributed by atoms with Crippen LogP contribution in [0.3, 0.4) is 0 Å². The van der Waals surface area contributed by atoms with Gasteiger partial charge in [0.1, 0.15) is 24.2 Å². The summed E-state index contributed by atoms with van der Waals surface area (Å²) in [6.45, 7) is 1.86. The highest BCUT2D eigenvalue weighted by molar-refractivity contribution is 5.96. The van der Waals surface area contributed by atoms with Gasteiger partial charge in [0.05, 0.1) is 0 Å². The molecule has 0 unspecified atom stereocenters. The lowest BCUT2D eigenvalue weighted by atomic mass is 9.94. The molecule has 0 radical (unpaired) electrons. The number of primary amides is 1. The highest BCUT2D eigenvalue weighted by Gasteiger charge is 2.35. The Morgan fingerprint density at radius 3 is 1.68 bits per heavy atom. The largest absolute Gasteiger partial charge is 0.368 e. The summed E-state index contributed by atoms with van der Waals surface area (Å²) in [5.41, 5.74) is 13.8. The molecule has 1 aliphatic heterocycles. The van der Waals surface area contributed by atoms with Gasteiger partial charge in [-0.25, -0.2) is 0 Å². The first-order chi connectivity index (χ1) is 29.1. The van der Waals surface area contributed by atoms with Gasteiger partial charge < -0.3 is 37.6 Å². The van der Waals surface area contributed by atoms with E-state index < -0.39 is 47.8 Å². The number of fused-ring (bicyclic) bond motifs is 2. The van der Waals surface area contributed by atoms with Crippen molar-refractivity contribution in [2.45, 2.75) is 75.5 Å². The summed E-state index contributed by atoms with van der Waals surface area (Å²) in [5, 5.41) is 16.1. The van der Waals surface area contributed by atoms with E-state index in [1.54, 1.807) is 7.05 Å². The van der Waals surface area contributed by atoms with E-state index in [-0.39, 0.29) is 31.1 Å². The van der Waals surface area contributed by atoms with Crippen molar-refractivity contribution in [3.8, 4) is 0 Å². The van der Waals surface area contributed by atoms with E-state index in [4.69, 9.17) is 11.5 Å². The van der Waals surface area contributed by atoms with Crippen molar-refractivity contribution >= 4 is 51.1 Å². The molecule has 1 fully saturated rings. The molecule has 0 bridgehead atoms. The molecule has 0 spiro atoms. The first-order valence-electron chi connectivity index (χ1n) is 21.0. The zero-order valence-electron chi connectivity index (χ0n) is 34.3. The van der Waals surface area contributed by atoms with Crippen molar-refractivity contribution in [2.75, 3.05) is 26.7 Å². The molecule has 4 atom stereocenters. The lowest BCUT2D eigenvalue weighted by molar-refractivity contribution is -0.143. The van der Waals surface area contributed by atoms with Crippen LogP contribution in [-0.2, 0) is 43.2 Å². The monoisotopic (exact) mass is 811 g/mol. The average Bonchev–Trinajstić information content (AvgIpc) is 3.27. The first-order valence-corrected chi connectivity index (χ1v) is 21.0. The standard InChI is InChI=1S/C48H57N7O5/c1-55(48(60)37-22-25-51-26-23-37)43(31-34-19-21-36-14-6-8-16-39(36)28-34)47(59)54-42(30-33-18-20-35-13-5-7-15-38(35)27-33)46(58)53-41(29-32-11-3-2-4-12-32)45(57)52-40(44(50)56)17-9-10-24-49/h2-8,11-16,18-21,27-28,37,40-43,51H,9-10,17,22-26,29-31,49H2,1H3,(H2,50,56)(H,52,57)(H,53,58)(H,54,59)/t40-,41-,42+,43+/m0/s1. The van der Waals surface area contributed by atoms with Crippen LogP contribution in [-0.4, -0.2) is 85.3 Å². The molecule has 5 aromatic carbocycles. The Morgan fingerprint density at radius 1 is 0.617 bits per heavy atom. The summed E-state index contributed by atoms with van der Waals surface area (Å²) < 4.78 is 0. The van der Waals surface area contributed by atoms with Gasteiger partial charge in [-0.15, -0.1) is 0 Å². The molecular formula is C48H57N7O5. The maximum absolute atomic E-state index is 14.8. The quantitative estimate of drug-likeness (QED) is 0.0682. The number of rotatable bonds is 19. The molecule has 1 aliphatic rings. The summed E-state index contributed by atoms with van der Waals surface area (Å²) >= 11 is 0. The van der Waals surface area contributed by atoms with Crippen LogP contribution in [0.4, 0.5) is 0 Å². The minimum absolute atomic E-state index is 0.0970. The lowest BCUT2D eigenvalue weighted by Gasteiger charge is -2.33. The van der Waals surface area contributed by atoms with E-state index in [9.17, 15) is 24.0 Å². The number of nitrogens with zero attached hydrogens (tertiary/aromatic N) is 1. The molecule has 5 amide bonds. The van der Waals surface area contributed by atoms with Gasteiger partial charge in [0.2, 0.25) is 29.5 Å². The Kier molecular flexibility index (Phi) is 15.4. The van der Waals surface area contributed by atoms with Gasteiger partial charge in [-0.3, -0.25) is 24.0 Å². The van der Waals surface area contributed by atoms with Crippen molar-refractivity contribution in [3.05, 3.63) is 132 Å². The second kappa shape index (κ2) is 21.2. The Bertz CT molecular complexity index is 2260. The van der Waals surface area contributed by atoms with Gasteiger partial charge in [0, 0.05) is 32.2 Å². The molecule has 12 nitrogen and oxygen atoms in total. The molecule has 6 rings (SSSR count). The summed E-state index contributed by atoms with van der Waals surface area (Å²) in [7, 11) is 1.66. The topological polar surface area (TPSA) is 189 Å². The second-order valence-electron chi connectivity index (χ2n) is 15.8. The number of likely N-dealkylation sites (N-methyl/N-ethyl adjacent to an activating group) is 1. The predicted octanol–water partition coefficient (Wildman–Crippen LogP) is 3.92. The molecule has 1 saturated heterocycles. The second-order valence-corrected chi connectivity index (χ2v) is 15.8. The third kappa shape index (κ3) is 11.8. The maximum atomic E-state index is 14.8. The van der Waals surface area contributed by atoms with Crippen LogP contribution >= 0.6 is 0 Å². The van der Waals surface area contributed by atoms with Gasteiger partial charge in [0.25, 0.3) is 0 Å². The third-order valence-corrected chi connectivity index (χ3v) is 11.5. The molecule has 12 heteroatoms. The van der Waals surface area contributed by atoms with Crippen LogP contribution in [0.25, 0.3) is 21.5 Å². The molecule has 0 saturated carbocycles. The number of amides is 5. The molecule has 8 N–H and O–H groups in total. The SMILES string of the molecule is CN(C(=O)C1CCNCC1)[C@H](Cc1ccc2ccccc2c1)C(=O)N[C@H](Cc1ccc2ccccc2c1)C(=O)N[C@@H](Cc1ccccc1)C(=O)N[C@@H](CCCCN)C(N)=O. The van der Waals surface area contributed by atoms with E-state index in [1.165, 1.54) is 4.90 Å². The van der Waals surface area contributed by atoms with E-state index >= 15 is 0 Å². The number of hydrogen-bond acceptors (Lipinski definition) is 7. The van der Waals surface area contributed by atoms with Crippen LogP contribution in [0.1, 0.15) is 48.8 Å². The van der Waals surface area contributed by atoms with Gasteiger partial charge in [-0.1, -0.05) is 115 Å². The fourth-order valence-corrected chi connectivity index (χ4v) is 7.97. The molecule has 5 aromatic rings. The van der Waals surface area contributed by atoms with Crippen LogP contribution in [0, 0.1) is 5.92 Å². The minimum atomic E-state index is -1.15. The van der Waals surface area contributed by atoms with Crippen molar-refractivity contribution in [3.63, 3.8) is 0 Å². The number of nitrogens with one attached hydrogen (secondary N) is 4. The Balaban J connectivity index is 1.32. The maximum Gasteiger partial charge on any atom is 0.243 e. The van der Waals surface area contributed by atoms with Gasteiger partial charge in [-0.2, -0.15) is 0 Å². The molecule has 0 aliphatic carbocycles. The van der Waals surface area contributed by atoms with Crippen molar-refractivity contribution in [2.24, 2.45) is 17.4 Å². The molecule has 0 aromatic heterocycles. The Hall–Kier alpha value is -6.11. The van der Waals surface area contributed by atoms with Crippen LogP contribution in [0.2, 0.25) is 0 Å². The van der Waals surface area contributed by atoms with Gasteiger partial charge in [0.15, 0.2) is 0 Å². The van der Waals surface area contributed by atoms with Crippen LogP contribution in [0.5, 0.6) is 0 Å². The molecule has 1 heterocycles. The van der Waals surface area contributed by atoms with Crippen LogP contribution in [0.15, 0.2) is 115 Å². The van der Waals surface area contributed by atoms with E-state index in [0.717, 1.165) is 38.2 Å². The number of carbonyl (C=O) groups is 5. The minimum Gasteiger partial charge on any atom is -0.368 e. The number of benzene rings is 5. The number of piperidine rings is 1. The molecular weight excluding hydrogens is 755 g/mol. The fraction of sp³-hybridized carbons (Fsp3) is 0.354. The smallest absolute Gasteiger partial charge is 0.243 e. The number of nitrogens with two attached hydrogens (primary N) is 2. The normalized spacial score (nSPS) is 15.0. The van der Waals surface area contributed by atoms with E-state index in [1.807, 2.05) is 115 Å². The molecule has 60 heavy (non-hydrogen) atoms. The summed E-state index contributed by atoms with van der Waals surface area (Å²) in [6, 6.07) is 32.7. The molecule has 314 valence electrons. The summed E-state index contributed by atoms with van der Waals surface area (Å²) in [5.74, 6) is -2.72. The first kappa shape index (κ1) is 43.5. The highest BCUT2D eigenvalue weighted by Crippen LogP contribution is 2.22. The highest BCUT2D eigenvalue weighted by atomic mass is 16.2. The average molecular weight is 812 g/mol. The fourth-order valence-electron chi connectivity index (χ4n) is 7.97. The van der Waals surface area contributed by atoms with Gasteiger partial charge in [-0.05, 0) is 90.0 Å². The number of unbranched alkanes of at least 4 members (excludes halogenated alkanes) is 1. The number of hydrogen-bond donors (Lipinski definition) is 6. The van der Waals surface area contributed by atoms with Gasteiger partial charge >= 0.3 is 0 Å². The lowest BCUT2D eigenvalue weighted by Crippen LogP contribution is -2.59. The zero-order chi connectivity index (χ0) is 42.4. The van der Waals surface area contributed by atoms with Crippen molar-refractivity contribution in [1.82, 2.24) is 26.2 Å². The summed E-state index contributed by atoms with van der Waals surface area (Å²) in [4.78, 5) is 71.5. The Morgan fingerprint density at radius 2 is 1.12 bits per heavy atom. The van der Waals surface area contributed by atoms with Crippen molar-refractivity contribution in [1.29, 1.82) is 0 Å². The predicted molar refractivity (Wildman–Crippen MR) is 235 cm³/mol. The zero-order valence-corrected chi connectivity index (χ0v) is 34.3. The number of carbonyl (C=O) groups excluding carboxylic acids is 5. The van der Waals surface area contributed by atoms with Crippen molar-refractivity contribution < 1.29 is 24.0 Å². The van der Waals surface area contributed by atoms with E-state index in [0.29, 0.717) is 51.7 Å². The van der Waals surface area contributed by atoms with Crippen LogP contribution < -0.4 is 32.7 Å². The Labute approximate surface area is 351 Å². The summed E-state index contributed by atoms with van der Waals surface area (Å²) in [6.07, 6.45) is 3.28. The van der Waals surface area contributed by atoms with E-state index in [2.05, 4.69) is 21.3 Å².